The van der Waals surface area contributed by atoms with E-state index >= 15 is 0 Å². The quantitative estimate of drug-likeness (QED) is 0.769. The second-order valence-electron chi connectivity index (χ2n) is 5.55. The Hall–Kier alpha value is -0.890. The van der Waals surface area contributed by atoms with E-state index in [-0.39, 0.29) is 5.82 Å². The minimum absolute atomic E-state index is 0.103. The fourth-order valence-electron chi connectivity index (χ4n) is 3.07. The van der Waals surface area contributed by atoms with Gasteiger partial charge in [0.15, 0.2) is 0 Å². The van der Waals surface area contributed by atoms with Crippen molar-refractivity contribution in [1.82, 2.24) is 4.90 Å². The van der Waals surface area contributed by atoms with Gasteiger partial charge in [0.2, 0.25) is 0 Å². The Morgan fingerprint density at radius 3 is 2.83 bits per heavy atom. The fourth-order valence-corrected chi connectivity index (χ4v) is 3.07. The van der Waals surface area contributed by atoms with E-state index < -0.39 is 0 Å². The summed E-state index contributed by atoms with van der Waals surface area (Å²) in [6, 6.07) is 6.10. The molecule has 1 aromatic rings. The average molecular weight is 249 g/mol. The zero-order valence-corrected chi connectivity index (χ0v) is 11.6. The van der Waals surface area contributed by atoms with Crippen LogP contribution in [0.4, 0.5) is 4.39 Å². The fraction of sp³-hybridized carbons (Fsp3) is 0.625. The highest BCUT2D eigenvalue weighted by molar-refractivity contribution is 5.23. The molecule has 2 heteroatoms. The smallest absolute Gasteiger partial charge is 0.123 e. The third-order valence-electron chi connectivity index (χ3n) is 3.86. The summed E-state index contributed by atoms with van der Waals surface area (Å²) in [7, 11) is 0. The first-order valence-corrected chi connectivity index (χ1v) is 7.19. The first kappa shape index (κ1) is 13.5. The Kier molecular flexibility index (Phi) is 4.76. The molecule has 1 heterocycles. The SMILES string of the molecule is CCCC1CCCCN1Cc1cc(C)cc(F)c1. The zero-order valence-electron chi connectivity index (χ0n) is 11.6. The van der Waals surface area contributed by atoms with Crippen LogP contribution in [0, 0.1) is 12.7 Å². The van der Waals surface area contributed by atoms with Crippen molar-refractivity contribution in [3.8, 4) is 0 Å². The van der Waals surface area contributed by atoms with Gasteiger partial charge in [-0.1, -0.05) is 25.8 Å². The van der Waals surface area contributed by atoms with Crippen molar-refractivity contribution >= 4 is 0 Å². The number of benzene rings is 1. The lowest BCUT2D eigenvalue weighted by Gasteiger charge is -2.35. The van der Waals surface area contributed by atoms with Gasteiger partial charge in [-0.25, -0.2) is 4.39 Å². The summed E-state index contributed by atoms with van der Waals surface area (Å²) in [5.41, 5.74) is 2.14. The molecule has 0 aromatic heterocycles. The highest BCUT2D eigenvalue weighted by Gasteiger charge is 2.21. The molecule has 2 rings (SSSR count). The van der Waals surface area contributed by atoms with Gasteiger partial charge < -0.3 is 0 Å². The molecular weight excluding hydrogens is 225 g/mol. The Bertz CT molecular complexity index is 366. The van der Waals surface area contributed by atoms with Crippen LogP contribution >= 0.6 is 0 Å². The number of hydrogen-bond donors (Lipinski definition) is 0. The van der Waals surface area contributed by atoms with Crippen molar-refractivity contribution in [2.24, 2.45) is 0 Å². The van der Waals surface area contributed by atoms with Gasteiger partial charge in [0.25, 0.3) is 0 Å². The molecule has 1 aliphatic heterocycles. The van der Waals surface area contributed by atoms with Crippen molar-refractivity contribution in [2.75, 3.05) is 6.54 Å². The van der Waals surface area contributed by atoms with Crippen molar-refractivity contribution in [2.45, 2.75) is 58.5 Å². The lowest BCUT2D eigenvalue weighted by Crippen LogP contribution is -2.38. The standard InChI is InChI=1S/C16H24FN/c1-3-6-16-7-4-5-8-18(16)12-14-9-13(2)10-15(17)11-14/h9-11,16H,3-8,12H2,1-2H3. The second-order valence-corrected chi connectivity index (χ2v) is 5.55. The Labute approximate surface area is 110 Å². The number of nitrogens with zero attached hydrogens (tertiary/aromatic N) is 1. The summed E-state index contributed by atoms with van der Waals surface area (Å²) in [5, 5.41) is 0. The van der Waals surface area contributed by atoms with E-state index in [1.807, 2.05) is 6.92 Å². The van der Waals surface area contributed by atoms with Gasteiger partial charge in [-0.2, -0.15) is 0 Å². The van der Waals surface area contributed by atoms with Gasteiger partial charge in [0.1, 0.15) is 5.82 Å². The number of aryl methyl sites for hydroxylation is 1. The molecule has 1 atom stereocenters. The molecule has 100 valence electrons. The molecule has 0 spiro atoms. The van der Waals surface area contributed by atoms with Gasteiger partial charge in [0, 0.05) is 12.6 Å². The second kappa shape index (κ2) is 6.33. The average Bonchev–Trinajstić information content (AvgIpc) is 2.30. The van der Waals surface area contributed by atoms with Crippen LogP contribution < -0.4 is 0 Å². The molecular formula is C16H24FN. The van der Waals surface area contributed by atoms with E-state index in [2.05, 4.69) is 17.9 Å². The van der Waals surface area contributed by atoms with Crippen LogP contribution in [0.25, 0.3) is 0 Å². The zero-order chi connectivity index (χ0) is 13.0. The molecule has 1 saturated heterocycles. The van der Waals surface area contributed by atoms with Gasteiger partial charge in [-0.15, -0.1) is 0 Å². The lowest BCUT2D eigenvalue weighted by molar-refractivity contribution is 0.131. The van der Waals surface area contributed by atoms with E-state index in [0.717, 1.165) is 17.7 Å². The van der Waals surface area contributed by atoms with E-state index in [0.29, 0.717) is 6.04 Å². The van der Waals surface area contributed by atoms with Gasteiger partial charge in [-0.05, 0) is 56.0 Å². The Morgan fingerprint density at radius 1 is 1.28 bits per heavy atom. The van der Waals surface area contributed by atoms with Crippen LogP contribution in [-0.2, 0) is 6.54 Å². The van der Waals surface area contributed by atoms with Crippen LogP contribution in [0.5, 0.6) is 0 Å². The molecule has 0 N–H and O–H groups in total. The van der Waals surface area contributed by atoms with Crippen molar-refractivity contribution in [3.63, 3.8) is 0 Å². The van der Waals surface area contributed by atoms with Gasteiger partial charge >= 0.3 is 0 Å². The molecule has 1 aliphatic rings. The summed E-state index contributed by atoms with van der Waals surface area (Å²) in [5.74, 6) is -0.103. The van der Waals surface area contributed by atoms with Crippen LogP contribution in [0.1, 0.15) is 50.2 Å². The first-order valence-electron chi connectivity index (χ1n) is 7.19. The lowest BCUT2D eigenvalue weighted by atomic mass is 9.97. The summed E-state index contributed by atoms with van der Waals surface area (Å²) >= 11 is 0. The van der Waals surface area contributed by atoms with Crippen LogP contribution in [0.2, 0.25) is 0 Å². The molecule has 1 unspecified atom stereocenters. The third-order valence-corrected chi connectivity index (χ3v) is 3.86. The van der Waals surface area contributed by atoms with Crippen molar-refractivity contribution in [3.05, 3.63) is 35.1 Å². The van der Waals surface area contributed by atoms with E-state index in [1.165, 1.54) is 38.6 Å². The normalized spacial score (nSPS) is 21.2. The Balaban J connectivity index is 2.05. The van der Waals surface area contributed by atoms with Crippen molar-refractivity contribution in [1.29, 1.82) is 0 Å². The van der Waals surface area contributed by atoms with Crippen LogP contribution in [0.15, 0.2) is 18.2 Å². The molecule has 1 nitrogen and oxygen atoms in total. The highest BCUT2D eigenvalue weighted by Crippen LogP contribution is 2.23. The Morgan fingerprint density at radius 2 is 2.11 bits per heavy atom. The predicted octanol–water partition coefficient (Wildman–Crippen LogP) is 4.29. The maximum absolute atomic E-state index is 13.4. The highest BCUT2D eigenvalue weighted by atomic mass is 19.1. The molecule has 1 fully saturated rings. The monoisotopic (exact) mass is 249 g/mol. The van der Waals surface area contributed by atoms with Gasteiger partial charge in [0.05, 0.1) is 0 Å². The largest absolute Gasteiger partial charge is 0.296 e. The number of piperidine rings is 1. The topological polar surface area (TPSA) is 3.24 Å². The molecule has 0 amide bonds. The van der Waals surface area contributed by atoms with E-state index in [4.69, 9.17) is 0 Å². The molecule has 0 saturated carbocycles. The van der Waals surface area contributed by atoms with E-state index in [1.54, 1.807) is 12.1 Å². The number of hydrogen-bond acceptors (Lipinski definition) is 1. The molecule has 0 bridgehead atoms. The summed E-state index contributed by atoms with van der Waals surface area (Å²) < 4.78 is 13.4. The third kappa shape index (κ3) is 3.55. The minimum atomic E-state index is -0.103. The first-order chi connectivity index (χ1) is 8.69. The summed E-state index contributed by atoms with van der Waals surface area (Å²) in [6.45, 7) is 6.29. The summed E-state index contributed by atoms with van der Waals surface area (Å²) in [6.07, 6.45) is 6.46. The molecule has 1 aromatic carbocycles. The predicted molar refractivity (Wildman–Crippen MR) is 74.1 cm³/mol. The molecule has 0 radical (unpaired) electrons. The van der Waals surface area contributed by atoms with Crippen LogP contribution in [0.3, 0.4) is 0 Å². The molecule has 0 aliphatic carbocycles. The summed E-state index contributed by atoms with van der Waals surface area (Å²) in [4.78, 5) is 2.54. The number of likely N-dealkylation sites (tertiary alicyclic amines) is 1. The maximum Gasteiger partial charge on any atom is 0.123 e. The van der Waals surface area contributed by atoms with Crippen molar-refractivity contribution < 1.29 is 4.39 Å². The number of halogens is 1. The molecule has 18 heavy (non-hydrogen) atoms. The van der Waals surface area contributed by atoms with Crippen LogP contribution in [-0.4, -0.2) is 17.5 Å². The van der Waals surface area contributed by atoms with Gasteiger partial charge in [-0.3, -0.25) is 4.90 Å². The van der Waals surface area contributed by atoms with E-state index in [9.17, 15) is 4.39 Å². The minimum Gasteiger partial charge on any atom is -0.296 e. The maximum atomic E-state index is 13.4. The number of rotatable bonds is 4.